The van der Waals surface area contributed by atoms with E-state index in [1.807, 2.05) is 34.6 Å². The molecule has 0 aromatic rings. The van der Waals surface area contributed by atoms with Crippen LogP contribution in [0.4, 0.5) is 0 Å². The van der Waals surface area contributed by atoms with Crippen molar-refractivity contribution in [1.29, 1.82) is 0 Å². The summed E-state index contributed by atoms with van der Waals surface area (Å²) in [6.45, 7) is 13.4. The van der Waals surface area contributed by atoms with Gasteiger partial charge in [-0.2, -0.15) is 0 Å². The number of carboxylic acid groups (broad SMARTS) is 1. The Hall–Kier alpha value is -2.28. The molecule has 0 aromatic heterocycles. The van der Waals surface area contributed by atoms with E-state index in [9.17, 15) is 24.3 Å². The Morgan fingerprint density at radius 3 is 2.37 bits per heavy atom. The van der Waals surface area contributed by atoms with Gasteiger partial charge in [-0.25, -0.2) is 14.6 Å². The highest BCUT2D eigenvalue weighted by atomic mass is 17.3. The summed E-state index contributed by atoms with van der Waals surface area (Å²) in [5, 5.41) is 14.8. The standard InChI is InChI=1S/C31H50N2O10/c1-8-17(4)25(27(37)38)33-26(36)22(15-16(2)3)32-23(34)11-12-24(35)39-28-19(6)21-10-9-18(5)20-13-14-30(7)41-29(40-28)31(20,21)43-42-30/h16-22,25,28-29H,8-15H2,1-7H3,(H,32,34)(H,33,36)(H,37,38)/t17?,18-,19?,20+,21?,22?,25?,28?,29+,30?,31?/m1/s1. The van der Waals surface area contributed by atoms with Gasteiger partial charge in [0.15, 0.2) is 11.9 Å². The van der Waals surface area contributed by atoms with Crippen molar-refractivity contribution in [3.63, 3.8) is 0 Å². The summed E-state index contributed by atoms with van der Waals surface area (Å²) in [6, 6.07) is -1.99. The average Bonchev–Trinajstić information content (AvgIpc) is 3.17. The van der Waals surface area contributed by atoms with Crippen molar-refractivity contribution in [2.75, 3.05) is 0 Å². The first-order valence-corrected chi connectivity index (χ1v) is 15.9. The van der Waals surface area contributed by atoms with Crippen LogP contribution in [0.15, 0.2) is 0 Å². The summed E-state index contributed by atoms with van der Waals surface area (Å²) >= 11 is 0. The van der Waals surface area contributed by atoms with Gasteiger partial charge in [0.1, 0.15) is 12.1 Å². The van der Waals surface area contributed by atoms with Crippen LogP contribution in [-0.2, 0) is 43.2 Å². The number of carbonyl (C=O) groups excluding carboxylic acids is 3. The molecule has 244 valence electrons. The quantitative estimate of drug-likeness (QED) is 0.220. The Morgan fingerprint density at radius 1 is 1.00 bits per heavy atom. The van der Waals surface area contributed by atoms with E-state index >= 15 is 0 Å². The predicted molar refractivity (Wildman–Crippen MR) is 153 cm³/mol. The van der Waals surface area contributed by atoms with Gasteiger partial charge in [-0.15, -0.1) is 0 Å². The van der Waals surface area contributed by atoms with Crippen molar-refractivity contribution >= 4 is 23.8 Å². The molecule has 5 rings (SSSR count). The first-order chi connectivity index (χ1) is 20.2. The second-order valence-electron chi connectivity index (χ2n) is 13.7. The molecule has 5 aliphatic rings. The number of hydrogen-bond acceptors (Lipinski definition) is 9. The second kappa shape index (κ2) is 13.4. The molecule has 12 nitrogen and oxygen atoms in total. The Kier molecular flexibility index (Phi) is 10.5. The normalized spacial score (nSPS) is 36.9. The first-order valence-electron chi connectivity index (χ1n) is 15.9. The highest BCUT2D eigenvalue weighted by molar-refractivity contribution is 5.91. The van der Waals surface area contributed by atoms with Crippen LogP contribution in [0.2, 0.25) is 0 Å². The summed E-state index contributed by atoms with van der Waals surface area (Å²) in [6.07, 6.45) is 2.31. The maximum atomic E-state index is 13.0. The molecule has 2 amide bonds. The number of rotatable bonds is 12. The van der Waals surface area contributed by atoms with Crippen molar-refractivity contribution in [2.45, 2.75) is 136 Å². The van der Waals surface area contributed by atoms with Crippen LogP contribution in [0.3, 0.4) is 0 Å². The minimum Gasteiger partial charge on any atom is -0.480 e. The zero-order chi connectivity index (χ0) is 31.7. The molecule has 0 radical (unpaired) electrons. The number of aliphatic carboxylic acids is 1. The predicted octanol–water partition coefficient (Wildman–Crippen LogP) is 3.66. The Labute approximate surface area is 254 Å². The van der Waals surface area contributed by atoms with Crippen LogP contribution >= 0.6 is 0 Å². The molecule has 2 bridgehead atoms. The number of ether oxygens (including phenoxy) is 3. The van der Waals surface area contributed by atoms with E-state index in [0.717, 1.165) is 19.3 Å². The molecule has 1 spiro atoms. The second-order valence-corrected chi connectivity index (χ2v) is 13.7. The third-order valence-electron chi connectivity index (χ3n) is 10.0. The molecule has 12 heteroatoms. The van der Waals surface area contributed by atoms with Crippen LogP contribution in [-0.4, -0.2) is 64.9 Å². The van der Waals surface area contributed by atoms with Gasteiger partial charge in [-0.05, 0) is 56.3 Å². The summed E-state index contributed by atoms with van der Waals surface area (Å²) < 4.78 is 18.4. The van der Waals surface area contributed by atoms with Crippen LogP contribution < -0.4 is 10.6 Å². The molecule has 11 atom stereocenters. The van der Waals surface area contributed by atoms with Crippen LogP contribution in [0.25, 0.3) is 0 Å². The van der Waals surface area contributed by atoms with E-state index in [4.69, 9.17) is 24.0 Å². The van der Waals surface area contributed by atoms with Gasteiger partial charge in [0.05, 0.1) is 6.42 Å². The van der Waals surface area contributed by atoms with Gasteiger partial charge in [0, 0.05) is 24.7 Å². The maximum Gasteiger partial charge on any atom is 0.326 e. The van der Waals surface area contributed by atoms with E-state index in [2.05, 4.69) is 17.6 Å². The molecule has 1 aliphatic carbocycles. The molecule has 4 aliphatic heterocycles. The SMILES string of the molecule is CCC(C)C(NC(=O)C(CC(C)C)NC(=O)CCC(=O)OC1O[C@H]2OC3(C)CC[C@H]4[C@H](C)CCC(C1C)C24OO3)C(=O)O. The third kappa shape index (κ3) is 7.02. The Bertz CT molecular complexity index is 1050. The van der Waals surface area contributed by atoms with Gasteiger partial charge < -0.3 is 30.0 Å². The summed E-state index contributed by atoms with van der Waals surface area (Å²) in [7, 11) is 0. The number of fused-ring (bicyclic) bond motifs is 2. The minimum atomic E-state index is -1.13. The smallest absolute Gasteiger partial charge is 0.326 e. The lowest BCUT2D eigenvalue weighted by Crippen LogP contribution is -2.70. The van der Waals surface area contributed by atoms with E-state index in [-0.39, 0.29) is 42.4 Å². The highest BCUT2D eigenvalue weighted by Crippen LogP contribution is 2.60. The zero-order valence-corrected chi connectivity index (χ0v) is 26.6. The molecule has 43 heavy (non-hydrogen) atoms. The molecule has 4 heterocycles. The molecular weight excluding hydrogens is 560 g/mol. The lowest BCUT2D eigenvalue weighted by molar-refractivity contribution is -0.576. The molecule has 8 unspecified atom stereocenters. The van der Waals surface area contributed by atoms with Crippen molar-refractivity contribution in [3.05, 3.63) is 0 Å². The number of nitrogens with one attached hydrogen (secondary N) is 2. The monoisotopic (exact) mass is 610 g/mol. The van der Waals surface area contributed by atoms with Crippen LogP contribution in [0, 0.1) is 35.5 Å². The van der Waals surface area contributed by atoms with Gasteiger partial charge in [0.2, 0.25) is 23.9 Å². The molecule has 4 saturated heterocycles. The summed E-state index contributed by atoms with van der Waals surface area (Å²) in [4.78, 5) is 62.4. The fraction of sp³-hybridized carbons (Fsp3) is 0.871. The largest absolute Gasteiger partial charge is 0.480 e. The summed E-state index contributed by atoms with van der Waals surface area (Å²) in [5.41, 5.74) is -0.767. The molecule has 3 N–H and O–H groups in total. The Morgan fingerprint density at radius 2 is 1.72 bits per heavy atom. The molecule has 1 saturated carbocycles. The number of hydrogen-bond donors (Lipinski definition) is 3. The molecule has 0 aromatic carbocycles. The van der Waals surface area contributed by atoms with E-state index in [1.165, 1.54) is 0 Å². The number of carbonyl (C=O) groups is 4. The maximum absolute atomic E-state index is 13.0. The number of carboxylic acids is 1. The van der Waals surface area contributed by atoms with Crippen molar-refractivity contribution < 1.29 is 48.3 Å². The minimum absolute atomic E-state index is 0.00319. The van der Waals surface area contributed by atoms with Crippen molar-refractivity contribution in [2.24, 2.45) is 35.5 Å². The fourth-order valence-electron chi connectivity index (χ4n) is 7.32. The van der Waals surface area contributed by atoms with E-state index in [0.29, 0.717) is 25.2 Å². The average molecular weight is 611 g/mol. The lowest BCUT2D eigenvalue weighted by atomic mass is 9.58. The van der Waals surface area contributed by atoms with Crippen LogP contribution in [0.5, 0.6) is 0 Å². The number of esters is 1. The lowest BCUT2D eigenvalue weighted by Gasteiger charge is -2.59. The Balaban J connectivity index is 1.35. The van der Waals surface area contributed by atoms with Crippen molar-refractivity contribution in [3.8, 4) is 0 Å². The molecule has 5 fully saturated rings. The van der Waals surface area contributed by atoms with E-state index < -0.39 is 59.8 Å². The zero-order valence-electron chi connectivity index (χ0n) is 26.6. The fourth-order valence-corrected chi connectivity index (χ4v) is 7.32. The van der Waals surface area contributed by atoms with Crippen LogP contribution in [0.1, 0.15) is 99.8 Å². The first kappa shape index (κ1) is 33.6. The van der Waals surface area contributed by atoms with Gasteiger partial charge in [0.25, 0.3) is 0 Å². The highest BCUT2D eigenvalue weighted by Gasteiger charge is 2.69. The van der Waals surface area contributed by atoms with Gasteiger partial charge in [-0.3, -0.25) is 14.4 Å². The van der Waals surface area contributed by atoms with E-state index in [1.54, 1.807) is 6.92 Å². The summed E-state index contributed by atoms with van der Waals surface area (Å²) in [5.74, 6) is -3.55. The number of amides is 2. The molecular formula is C31H50N2O10. The topological polar surface area (TPSA) is 159 Å². The van der Waals surface area contributed by atoms with Gasteiger partial charge in [-0.1, -0.05) is 48.0 Å². The van der Waals surface area contributed by atoms with Gasteiger partial charge >= 0.3 is 11.9 Å². The third-order valence-corrected chi connectivity index (χ3v) is 10.0. The van der Waals surface area contributed by atoms with Crippen molar-refractivity contribution in [1.82, 2.24) is 10.6 Å².